The van der Waals surface area contributed by atoms with Crippen molar-refractivity contribution in [2.24, 2.45) is 0 Å². The minimum Gasteiger partial charge on any atom is -0.311 e. The van der Waals surface area contributed by atoms with Crippen molar-refractivity contribution in [1.29, 1.82) is 0 Å². The second-order valence-electron chi connectivity index (χ2n) is 8.35. The van der Waals surface area contributed by atoms with Crippen molar-refractivity contribution in [3.05, 3.63) is 168 Å². The summed E-state index contributed by atoms with van der Waals surface area (Å²) in [6.07, 6.45) is 4.13. The molecule has 0 saturated carbocycles. The van der Waals surface area contributed by atoms with E-state index >= 15 is 0 Å². The third kappa shape index (κ3) is 5.15. The third-order valence-electron chi connectivity index (χ3n) is 6.03. The van der Waals surface area contributed by atoms with E-state index in [1.165, 1.54) is 16.7 Å². The van der Waals surface area contributed by atoms with Crippen molar-refractivity contribution in [2.45, 2.75) is 0 Å². The second kappa shape index (κ2) is 10.5. The first kappa shape index (κ1) is 22.2. The van der Waals surface area contributed by atoms with Gasteiger partial charge in [-0.25, -0.2) is 0 Å². The molecular weight excluding hydrogens is 422 g/mol. The van der Waals surface area contributed by atoms with Gasteiger partial charge in [-0.3, -0.25) is 0 Å². The minimum absolute atomic E-state index is 1.11. The summed E-state index contributed by atoms with van der Waals surface area (Å²) in [5, 5.41) is 0. The number of rotatable bonds is 7. The van der Waals surface area contributed by atoms with Crippen LogP contribution in [0, 0.1) is 0 Å². The lowest BCUT2D eigenvalue weighted by Gasteiger charge is -2.25. The first-order chi connectivity index (χ1) is 17.3. The van der Waals surface area contributed by atoms with Crippen LogP contribution in [0.5, 0.6) is 0 Å². The predicted octanol–water partition coefficient (Wildman–Crippen LogP) is 9.39. The summed E-state index contributed by atoms with van der Waals surface area (Å²) in [5.74, 6) is 0. The lowest BCUT2D eigenvalue weighted by atomic mass is 9.95. The molecular formula is C34H27N. The molecule has 0 aromatic heterocycles. The molecule has 0 aliphatic rings. The van der Waals surface area contributed by atoms with Crippen molar-refractivity contribution < 1.29 is 0 Å². The summed E-state index contributed by atoms with van der Waals surface area (Å²) in [6.45, 7) is 3.88. The Hall–Kier alpha value is -4.62. The number of hydrogen-bond acceptors (Lipinski definition) is 1. The van der Waals surface area contributed by atoms with Gasteiger partial charge in [-0.2, -0.15) is 0 Å². The molecule has 0 heterocycles. The first-order valence-corrected chi connectivity index (χ1v) is 11.8. The highest BCUT2D eigenvalue weighted by molar-refractivity contribution is 5.91. The van der Waals surface area contributed by atoms with Crippen molar-refractivity contribution in [2.75, 3.05) is 4.90 Å². The zero-order valence-corrected chi connectivity index (χ0v) is 19.6. The van der Waals surface area contributed by atoms with Crippen LogP contribution in [0.3, 0.4) is 0 Å². The van der Waals surface area contributed by atoms with Crippen LogP contribution in [-0.4, -0.2) is 0 Å². The van der Waals surface area contributed by atoms with Gasteiger partial charge in [-0.1, -0.05) is 116 Å². The largest absolute Gasteiger partial charge is 0.311 e. The molecule has 0 fully saturated rings. The van der Waals surface area contributed by atoms with Gasteiger partial charge in [0.25, 0.3) is 0 Å². The van der Waals surface area contributed by atoms with Gasteiger partial charge < -0.3 is 4.90 Å². The molecule has 0 spiro atoms. The monoisotopic (exact) mass is 449 g/mol. The van der Waals surface area contributed by atoms with Crippen LogP contribution in [0.2, 0.25) is 0 Å². The Morgan fingerprint density at radius 1 is 0.457 bits per heavy atom. The standard InChI is InChI=1S/C34H27N/c1-2-27-18-22-32(23-19-27)35(31-16-10-5-11-17-31)33-24-20-28(21-25-33)26-34(29-12-6-3-7-13-29)30-14-8-4-9-15-30/h2-26H,1H2. The Kier molecular flexibility index (Phi) is 6.68. The molecule has 5 aromatic rings. The van der Waals surface area contributed by atoms with Gasteiger partial charge in [0.15, 0.2) is 0 Å². The summed E-state index contributed by atoms with van der Waals surface area (Å²) in [4.78, 5) is 2.27. The lowest BCUT2D eigenvalue weighted by molar-refractivity contribution is 1.28. The molecule has 1 nitrogen and oxygen atoms in total. The molecule has 168 valence electrons. The summed E-state index contributed by atoms with van der Waals surface area (Å²) in [7, 11) is 0. The van der Waals surface area contributed by atoms with Crippen LogP contribution >= 0.6 is 0 Å². The Morgan fingerprint density at radius 3 is 1.31 bits per heavy atom. The van der Waals surface area contributed by atoms with Crippen LogP contribution in [0.4, 0.5) is 17.1 Å². The normalized spacial score (nSPS) is 10.4. The van der Waals surface area contributed by atoms with E-state index in [4.69, 9.17) is 0 Å². The molecule has 0 unspecified atom stereocenters. The quantitative estimate of drug-likeness (QED) is 0.224. The smallest absolute Gasteiger partial charge is 0.0462 e. The van der Waals surface area contributed by atoms with E-state index in [0.29, 0.717) is 0 Å². The molecule has 0 saturated heterocycles. The second-order valence-corrected chi connectivity index (χ2v) is 8.35. The molecule has 0 aliphatic heterocycles. The van der Waals surface area contributed by atoms with Crippen LogP contribution in [-0.2, 0) is 0 Å². The Balaban J connectivity index is 1.54. The van der Waals surface area contributed by atoms with E-state index in [1.54, 1.807) is 0 Å². The maximum Gasteiger partial charge on any atom is 0.0462 e. The van der Waals surface area contributed by atoms with Gasteiger partial charge in [-0.05, 0) is 70.3 Å². The van der Waals surface area contributed by atoms with E-state index in [0.717, 1.165) is 28.2 Å². The van der Waals surface area contributed by atoms with Crippen LogP contribution in [0.1, 0.15) is 22.3 Å². The summed E-state index contributed by atoms with van der Waals surface area (Å²) in [6, 6.07) is 48.8. The highest BCUT2D eigenvalue weighted by atomic mass is 15.1. The topological polar surface area (TPSA) is 3.24 Å². The zero-order chi connectivity index (χ0) is 23.9. The Bertz CT molecular complexity index is 1360. The van der Waals surface area contributed by atoms with Gasteiger partial charge >= 0.3 is 0 Å². The lowest BCUT2D eigenvalue weighted by Crippen LogP contribution is -2.09. The number of nitrogens with zero attached hydrogens (tertiary/aromatic N) is 1. The summed E-state index contributed by atoms with van der Waals surface area (Å²) < 4.78 is 0. The SMILES string of the molecule is C=Cc1ccc(N(c2ccccc2)c2ccc(C=C(c3ccccc3)c3ccccc3)cc2)cc1. The molecule has 5 rings (SSSR count). The summed E-state index contributed by atoms with van der Waals surface area (Å²) >= 11 is 0. The number of benzene rings is 5. The van der Waals surface area contributed by atoms with E-state index in [2.05, 4.69) is 151 Å². The molecule has 0 N–H and O–H groups in total. The number of anilines is 3. The molecule has 5 aromatic carbocycles. The fourth-order valence-corrected chi connectivity index (χ4v) is 4.24. The first-order valence-electron chi connectivity index (χ1n) is 11.8. The summed E-state index contributed by atoms with van der Waals surface area (Å²) in [5.41, 5.74) is 9.23. The Labute approximate surface area is 208 Å². The average Bonchev–Trinajstić information content (AvgIpc) is 2.94. The van der Waals surface area contributed by atoms with Crippen molar-refractivity contribution in [3.8, 4) is 0 Å². The van der Waals surface area contributed by atoms with Crippen LogP contribution in [0.25, 0.3) is 17.7 Å². The van der Waals surface area contributed by atoms with Gasteiger partial charge in [0, 0.05) is 17.1 Å². The predicted molar refractivity (Wildman–Crippen MR) is 151 cm³/mol. The van der Waals surface area contributed by atoms with Crippen LogP contribution in [0.15, 0.2) is 146 Å². The molecule has 0 atom stereocenters. The molecule has 35 heavy (non-hydrogen) atoms. The molecule has 0 amide bonds. The highest BCUT2D eigenvalue weighted by Crippen LogP contribution is 2.35. The maximum atomic E-state index is 3.88. The van der Waals surface area contributed by atoms with Gasteiger partial charge in [0.05, 0.1) is 0 Å². The van der Waals surface area contributed by atoms with Gasteiger partial charge in [0.1, 0.15) is 0 Å². The van der Waals surface area contributed by atoms with Gasteiger partial charge in [-0.15, -0.1) is 0 Å². The maximum absolute atomic E-state index is 3.88. The third-order valence-corrected chi connectivity index (χ3v) is 6.03. The minimum atomic E-state index is 1.11. The van der Waals surface area contributed by atoms with Crippen molar-refractivity contribution >= 4 is 34.8 Å². The van der Waals surface area contributed by atoms with E-state index < -0.39 is 0 Å². The fraction of sp³-hybridized carbons (Fsp3) is 0. The van der Waals surface area contributed by atoms with Crippen molar-refractivity contribution in [1.82, 2.24) is 0 Å². The molecule has 0 radical (unpaired) electrons. The zero-order valence-electron chi connectivity index (χ0n) is 19.6. The number of hydrogen-bond donors (Lipinski definition) is 0. The van der Waals surface area contributed by atoms with E-state index in [1.807, 2.05) is 12.1 Å². The fourth-order valence-electron chi connectivity index (χ4n) is 4.24. The van der Waals surface area contributed by atoms with Gasteiger partial charge in [0.2, 0.25) is 0 Å². The molecule has 1 heteroatoms. The average molecular weight is 450 g/mol. The molecule has 0 aliphatic carbocycles. The van der Waals surface area contributed by atoms with E-state index in [-0.39, 0.29) is 0 Å². The highest BCUT2D eigenvalue weighted by Gasteiger charge is 2.12. The number of para-hydroxylation sites is 1. The Morgan fingerprint density at radius 2 is 0.857 bits per heavy atom. The van der Waals surface area contributed by atoms with Crippen molar-refractivity contribution in [3.63, 3.8) is 0 Å². The van der Waals surface area contributed by atoms with Crippen LogP contribution < -0.4 is 4.90 Å². The molecule has 0 bridgehead atoms. The van der Waals surface area contributed by atoms with E-state index in [9.17, 15) is 0 Å².